The molecule has 1 aliphatic rings. The number of ether oxygens (including phenoxy) is 1. The molecule has 0 aromatic carbocycles. The van der Waals surface area contributed by atoms with E-state index in [9.17, 15) is 0 Å². The van der Waals surface area contributed by atoms with Crippen LogP contribution in [0.1, 0.15) is 20.3 Å². The molecule has 1 atom stereocenters. The van der Waals surface area contributed by atoms with E-state index in [1.165, 1.54) is 0 Å². The first kappa shape index (κ1) is 16.1. The quantitative estimate of drug-likeness (QED) is 0.542. The van der Waals surface area contributed by atoms with Crippen molar-refractivity contribution < 1.29 is 18.0 Å². The van der Waals surface area contributed by atoms with Gasteiger partial charge >= 0.3 is 8.80 Å². The molecule has 0 saturated carbocycles. The summed E-state index contributed by atoms with van der Waals surface area (Å²) >= 11 is 0. The van der Waals surface area contributed by atoms with Crippen molar-refractivity contribution >= 4 is 8.80 Å². The number of nitrogens with zero attached hydrogens (tertiary/aromatic N) is 1. The van der Waals surface area contributed by atoms with E-state index in [4.69, 9.17) is 18.0 Å². The van der Waals surface area contributed by atoms with Crippen molar-refractivity contribution in [2.45, 2.75) is 32.4 Å². The fraction of sp³-hybridized carbons (Fsp3) is 1.00. The van der Waals surface area contributed by atoms with Crippen molar-refractivity contribution in [2.24, 2.45) is 0 Å². The van der Waals surface area contributed by atoms with Gasteiger partial charge in [0.1, 0.15) is 0 Å². The van der Waals surface area contributed by atoms with Crippen LogP contribution in [0, 0.1) is 0 Å². The van der Waals surface area contributed by atoms with Crippen LogP contribution in [0.2, 0.25) is 6.04 Å². The van der Waals surface area contributed by atoms with Crippen molar-refractivity contribution in [1.82, 2.24) is 4.90 Å². The molecule has 0 radical (unpaired) electrons. The minimum absolute atomic E-state index is 0.137. The van der Waals surface area contributed by atoms with Crippen molar-refractivity contribution in [3.63, 3.8) is 0 Å². The highest BCUT2D eigenvalue weighted by Crippen LogP contribution is 2.21. The Kier molecular flexibility index (Phi) is 7.36. The minimum atomic E-state index is -2.40. The van der Waals surface area contributed by atoms with Gasteiger partial charge in [-0.2, -0.15) is 0 Å². The molecule has 1 rings (SSSR count). The molecular formula is C12H27NO4Si. The highest BCUT2D eigenvalue weighted by atomic mass is 28.4. The van der Waals surface area contributed by atoms with Crippen LogP contribution in [0.15, 0.2) is 0 Å². The van der Waals surface area contributed by atoms with Gasteiger partial charge in [-0.25, -0.2) is 0 Å². The molecule has 0 aromatic rings. The van der Waals surface area contributed by atoms with Crippen molar-refractivity contribution in [1.29, 1.82) is 0 Å². The maximum atomic E-state index is 6.03. The zero-order chi connectivity index (χ0) is 13.4. The Morgan fingerprint density at radius 1 is 1.33 bits per heavy atom. The van der Waals surface area contributed by atoms with Crippen molar-refractivity contribution in [3.8, 4) is 0 Å². The van der Waals surface area contributed by atoms with Gasteiger partial charge in [0.15, 0.2) is 0 Å². The van der Waals surface area contributed by atoms with Gasteiger partial charge in [-0.05, 0) is 26.8 Å². The zero-order valence-electron chi connectivity index (χ0n) is 12.1. The van der Waals surface area contributed by atoms with Gasteiger partial charge in [-0.3, -0.25) is 4.90 Å². The van der Waals surface area contributed by atoms with Crippen LogP contribution < -0.4 is 0 Å². The van der Waals surface area contributed by atoms with Gasteiger partial charge in [-0.15, -0.1) is 0 Å². The molecule has 6 heteroatoms. The molecule has 1 heterocycles. The second kappa shape index (κ2) is 8.24. The summed E-state index contributed by atoms with van der Waals surface area (Å²) in [5.74, 6) is 0. The van der Waals surface area contributed by atoms with E-state index >= 15 is 0 Å². The minimum Gasteiger partial charge on any atom is -0.380 e. The third-order valence-electron chi connectivity index (χ3n) is 3.23. The molecule has 0 amide bonds. The molecule has 0 bridgehead atoms. The fourth-order valence-electron chi connectivity index (χ4n) is 2.30. The molecule has 1 aliphatic heterocycles. The Morgan fingerprint density at radius 3 is 2.67 bits per heavy atom. The first-order valence-corrected chi connectivity index (χ1v) is 8.67. The molecule has 0 spiro atoms. The topological polar surface area (TPSA) is 40.2 Å². The predicted octanol–water partition coefficient (Wildman–Crippen LogP) is 1.37. The van der Waals surface area contributed by atoms with E-state index in [2.05, 4.69) is 11.8 Å². The average molecular weight is 277 g/mol. The Labute approximate surface area is 112 Å². The van der Waals surface area contributed by atoms with Crippen LogP contribution in [0.3, 0.4) is 0 Å². The lowest BCUT2D eigenvalue weighted by Crippen LogP contribution is -2.51. The molecular weight excluding hydrogens is 250 g/mol. The lowest BCUT2D eigenvalue weighted by Gasteiger charge is -2.35. The van der Waals surface area contributed by atoms with Gasteiger partial charge in [0, 0.05) is 40.0 Å². The Balaban J connectivity index is 2.45. The first-order valence-electron chi connectivity index (χ1n) is 6.74. The van der Waals surface area contributed by atoms with E-state index in [-0.39, 0.29) is 6.10 Å². The van der Waals surface area contributed by atoms with Gasteiger partial charge in [0.05, 0.1) is 12.7 Å². The summed E-state index contributed by atoms with van der Waals surface area (Å²) in [7, 11) is 0.981. The third kappa shape index (κ3) is 4.95. The normalized spacial score (nSPS) is 25.7. The summed E-state index contributed by atoms with van der Waals surface area (Å²) in [6, 6.07) is 0.884. The second-order valence-electron chi connectivity index (χ2n) is 4.62. The highest BCUT2D eigenvalue weighted by molar-refractivity contribution is 6.60. The van der Waals surface area contributed by atoms with Crippen LogP contribution in [0.4, 0.5) is 0 Å². The number of rotatable bonds is 6. The van der Waals surface area contributed by atoms with E-state index in [0.29, 0.717) is 0 Å². The maximum Gasteiger partial charge on any atom is 0.500 e. The lowest BCUT2D eigenvalue weighted by molar-refractivity contribution is 0.0261. The van der Waals surface area contributed by atoms with Crippen LogP contribution in [-0.2, 0) is 18.0 Å². The molecule has 108 valence electrons. The first-order chi connectivity index (χ1) is 8.65. The lowest BCUT2D eigenvalue weighted by atomic mass is 10.3. The zero-order valence-corrected chi connectivity index (χ0v) is 13.1. The number of hydrogen-bond acceptors (Lipinski definition) is 5. The molecule has 0 aromatic heterocycles. The summed E-state index contributed by atoms with van der Waals surface area (Å²) in [5, 5.41) is 0. The molecule has 1 unspecified atom stereocenters. The molecule has 1 saturated heterocycles. The maximum absolute atomic E-state index is 6.03. The molecule has 18 heavy (non-hydrogen) atoms. The van der Waals surface area contributed by atoms with Gasteiger partial charge in [-0.1, -0.05) is 0 Å². The van der Waals surface area contributed by atoms with Crippen LogP contribution in [0.25, 0.3) is 0 Å². The van der Waals surface area contributed by atoms with E-state index < -0.39 is 8.80 Å². The smallest absolute Gasteiger partial charge is 0.380 e. The largest absolute Gasteiger partial charge is 0.500 e. The average Bonchev–Trinajstić information content (AvgIpc) is 2.35. The number of hydrogen-bond donors (Lipinski definition) is 0. The Hall–Kier alpha value is 0.0169. The summed E-state index contributed by atoms with van der Waals surface area (Å²) in [4.78, 5) is 2.39. The summed E-state index contributed by atoms with van der Waals surface area (Å²) < 4.78 is 22.5. The summed E-state index contributed by atoms with van der Waals surface area (Å²) in [6.07, 6.45) is 1.19. The van der Waals surface area contributed by atoms with Gasteiger partial charge in [0.2, 0.25) is 0 Å². The second-order valence-corrected chi connectivity index (χ2v) is 7.54. The highest BCUT2D eigenvalue weighted by Gasteiger charge is 2.41. The molecule has 5 nitrogen and oxygen atoms in total. The van der Waals surface area contributed by atoms with E-state index in [0.717, 1.165) is 45.3 Å². The molecule has 0 N–H and O–H groups in total. The van der Waals surface area contributed by atoms with E-state index in [1.807, 2.05) is 6.92 Å². The fourth-order valence-corrected chi connectivity index (χ4v) is 4.47. The van der Waals surface area contributed by atoms with Crippen molar-refractivity contribution in [3.05, 3.63) is 0 Å². The van der Waals surface area contributed by atoms with Crippen LogP contribution >= 0.6 is 0 Å². The standard InChI is InChI=1S/C12H27NO4Si/c1-5-16-9-8-13-7-6-10-18(14-3,15-4)17-12(2)11-13/h12H,5-11H2,1-4H3. The summed E-state index contributed by atoms with van der Waals surface area (Å²) in [6.45, 7) is 8.62. The SMILES string of the molecule is CCOCCN1CCC[Si](OC)(OC)OC(C)C1. The van der Waals surface area contributed by atoms with Crippen LogP contribution in [0.5, 0.6) is 0 Å². The third-order valence-corrected chi connectivity index (χ3v) is 6.20. The van der Waals surface area contributed by atoms with Crippen molar-refractivity contribution in [2.75, 3.05) is 47.1 Å². The van der Waals surface area contributed by atoms with Gasteiger partial charge in [0.25, 0.3) is 0 Å². The van der Waals surface area contributed by atoms with Gasteiger partial charge < -0.3 is 18.0 Å². The Morgan fingerprint density at radius 2 is 2.06 bits per heavy atom. The Bertz CT molecular complexity index is 226. The predicted molar refractivity (Wildman–Crippen MR) is 72.7 cm³/mol. The molecule has 1 fully saturated rings. The van der Waals surface area contributed by atoms with Crippen LogP contribution in [-0.4, -0.2) is 66.9 Å². The molecule has 0 aliphatic carbocycles. The summed E-state index contributed by atoms with van der Waals surface area (Å²) in [5.41, 5.74) is 0. The van der Waals surface area contributed by atoms with E-state index in [1.54, 1.807) is 14.2 Å². The monoisotopic (exact) mass is 277 g/mol.